The van der Waals surface area contributed by atoms with Crippen molar-refractivity contribution in [1.29, 1.82) is 0 Å². The van der Waals surface area contributed by atoms with E-state index in [0.717, 1.165) is 27.0 Å². The van der Waals surface area contributed by atoms with E-state index in [2.05, 4.69) is 54.0 Å². The van der Waals surface area contributed by atoms with E-state index < -0.39 is 17.8 Å². The van der Waals surface area contributed by atoms with Crippen LogP contribution in [-0.2, 0) is 9.59 Å². The second-order valence-electron chi connectivity index (χ2n) is 9.06. The maximum Gasteiger partial charge on any atom is 0.335 e. The number of halogens is 1. The zero-order valence-electron chi connectivity index (χ0n) is 19.2. The third kappa shape index (κ3) is 4.04. The Balaban J connectivity index is 1.80. The molecule has 2 heterocycles. The first-order chi connectivity index (χ1) is 15.5. The smallest absolute Gasteiger partial charge is 0.335 e. The molecule has 1 atom stereocenters. The third-order valence-corrected chi connectivity index (χ3v) is 7.00. The summed E-state index contributed by atoms with van der Waals surface area (Å²) in [4.78, 5) is 41.5. The fourth-order valence-corrected chi connectivity index (χ4v) is 4.80. The average Bonchev–Trinajstić information content (AvgIpc) is 2.75. The first-order valence-electron chi connectivity index (χ1n) is 10.7. The number of fused-ring (bicyclic) bond motifs is 1. The van der Waals surface area contributed by atoms with Crippen molar-refractivity contribution in [2.45, 2.75) is 38.6 Å². The van der Waals surface area contributed by atoms with Crippen molar-refractivity contribution in [2.24, 2.45) is 0 Å². The molecule has 2 aromatic carbocycles. The Labute approximate surface area is 201 Å². The number of amides is 4. The largest absolute Gasteiger partial charge is 0.496 e. The van der Waals surface area contributed by atoms with E-state index in [1.165, 1.54) is 6.08 Å². The van der Waals surface area contributed by atoms with Crippen molar-refractivity contribution in [3.05, 3.63) is 57.6 Å². The molecule has 4 rings (SSSR count). The average molecular weight is 512 g/mol. The van der Waals surface area contributed by atoms with E-state index in [9.17, 15) is 14.4 Å². The number of methoxy groups -OCH3 is 1. The lowest BCUT2D eigenvalue weighted by molar-refractivity contribution is -0.122. The second kappa shape index (κ2) is 8.33. The highest BCUT2D eigenvalue weighted by Gasteiger charge is 2.38. The molecule has 8 heteroatoms. The number of hydrogen-bond acceptors (Lipinski definition) is 5. The minimum absolute atomic E-state index is 0.0117. The number of nitrogens with one attached hydrogen (secondary N) is 1. The number of carbonyl (C=O) groups is 3. The summed E-state index contributed by atoms with van der Waals surface area (Å²) in [5.74, 6) is -0.585. The van der Waals surface area contributed by atoms with Crippen LogP contribution in [0, 0.1) is 0 Å². The summed E-state index contributed by atoms with van der Waals surface area (Å²) in [7, 11) is 3.61. The molecule has 2 aromatic rings. The highest BCUT2D eigenvalue weighted by Crippen LogP contribution is 2.45. The van der Waals surface area contributed by atoms with Gasteiger partial charge in [0.05, 0.1) is 12.8 Å². The van der Waals surface area contributed by atoms with E-state index in [4.69, 9.17) is 4.74 Å². The number of carbonyl (C=O) groups excluding carboxylic acids is 3. The monoisotopic (exact) mass is 511 g/mol. The Hall–Kier alpha value is -3.13. The Morgan fingerprint density at radius 2 is 1.82 bits per heavy atom. The van der Waals surface area contributed by atoms with Crippen molar-refractivity contribution >= 4 is 51.2 Å². The number of barbiturate groups is 1. The molecule has 1 unspecified atom stereocenters. The molecule has 33 heavy (non-hydrogen) atoms. The molecule has 172 valence electrons. The number of hydrogen-bond donors (Lipinski definition) is 1. The topological polar surface area (TPSA) is 79.0 Å². The lowest BCUT2D eigenvalue weighted by Gasteiger charge is -2.45. The fourth-order valence-electron chi connectivity index (χ4n) is 4.54. The van der Waals surface area contributed by atoms with Gasteiger partial charge in [0.1, 0.15) is 11.3 Å². The maximum absolute atomic E-state index is 13.2. The SMILES string of the molecule is COc1cc2c(cc1/C=C1/C(=O)NC(=O)N(c3ccc(Br)cc3)C1=O)C(C)CC(C)(C)N2C. The van der Waals surface area contributed by atoms with Crippen LogP contribution in [0.2, 0.25) is 0 Å². The zero-order valence-corrected chi connectivity index (χ0v) is 20.8. The molecule has 0 saturated carbocycles. The van der Waals surface area contributed by atoms with Crippen molar-refractivity contribution in [3.8, 4) is 5.75 Å². The predicted molar refractivity (Wildman–Crippen MR) is 132 cm³/mol. The Morgan fingerprint density at radius 3 is 2.45 bits per heavy atom. The van der Waals surface area contributed by atoms with E-state index >= 15 is 0 Å². The van der Waals surface area contributed by atoms with Crippen LogP contribution in [0.1, 0.15) is 44.2 Å². The highest BCUT2D eigenvalue weighted by molar-refractivity contribution is 9.10. The lowest BCUT2D eigenvalue weighted by atomic mass is 9.79. The minimum atomic E-state index is -0.778. The molecule has 7 nitrogen and oxygen atoms in total. The third-order valence-electron chi connectivity index (χ3n) is 6.47. The molecule has 0 radical (unpaired) electrons. The van der Waals surface area contributed by atoms with Crippen LogP contribution in [-0.4, -0.2) is 37.5 Å². The number of urea groups is 1. The summed E-state index contributed by atoms with van der Waals surface area (Å²) >= 11 is 3.34. The minimum Gasteiger partial charge on any atom is -0.496 e. The molecule has 0 spiro atoms. The van der Waals surface area contributed by atoms with Crippen LogP contribution in [0.15, 0.2) is 46.4 Å². The number of rotatable bonds is 3. The normalized spacial score (nSPS) is 21.2. The van der Waals surface area contributed by atoms with Gasteiger partial charge in [-0.3, -0.25) is 14.9 Å². The number of benzene rings is 2. The first-order valence-corrected chi connectivity index (χ1v) is 11.5. The zero-order chi connectivity index (χ0) is 24.1. The van der Waals surface area contributed by atoms with Gasteiger partial charge in [-0.05, 0) is 68.2 Å². The summed E-state index contributed by atoms with van der Waals surface area (Å²) < 4.78 is 6.43. The molecule has 1 saturated heterocycles. The van der Waals surface area contributed by atoms with Gasteiger partial charge >= 0.3 is 6.03 Å². The summed E-state index contributed by atoms with van der Waals surface area (Å²) in [6.45, 7) is 6.57. The summed E-state index contributed by atoms with van der Waals surface area (Å²) in [5.41, 5.74) is 3.02. The Morgan fingerprint density at radius 1 is 1.15 bits per heavy atom. The quantitative estimate of drug-likeness (QED) is 0.470. The van der Waals surface area contributed by atoms with Gasteiger partial charge in [0.2, 0.25) is 0 Å². The second-order valence-corrected chi connectivity index (χ2v) is 9.98. The molecule has 2 aliphatic heterocycles. The molecule has 0 bridgehead atoms. The number of imide groups is 2. The van der Waals surface area contributed by atoms with Gasteiger partial charge in [0.15, 0.2) is 0 Å². The van der Waals surface area contributed by atoms with Crippen LogP contribution >= 0.6 is 15.9 Å². The summed E-state index contributed by atoms with van der Waals surface area (Å²) in [6, 6.07) is 9.85. The summed E-state index contributed by atoms with van der Waals surface area (Å²) in [5, 5.41) is 2.27. The maximum atomic E-state index is 13.2. The van der Waals surface area contributed by atoms with Gasteiger partial charge in [-0.25, -0.2) is 9.69 Å². The van der Waals surface area contributed by atoms with Crippen LogP contribution in [0.25, 0.3) is 6.08 Å². The van der Waals surface area contributed by atoms with Gasteiger partial charge in [-0.15, -0.1) is 0 Å². The van der Waals surface area contributed by atoms with E-state index in [1.54, 1.807) is 31.4 Å². The van der Waals surface area contributed by atoms with Crippen LogP contribution in [0.5, 0.6) is 5.75 Å². The number of ether oxygens (including phenoxy) is 1. The van der Waals surface area contributed by atoms with E-state index in [-0.39, 0.29) is 17.0 Å². The van der Waals surface area contributed by atoms with Crippen LogP contribution < -0.4 is 19.9 Å². The van der Waals surface area contributed by atoms with Gasteiger partial charge in [0, 0.05) is 34.4 Å². The molecule has 1 fully saturated rings. The Kier molecular flexibility index (Phi) is 5.82. The van der Waals surface area contributed by atoms with Crippen molar-refractivity contribution < 1.29 is 19.1 Å². The van der Waals surface area contributed by atoms with Crippen LogP contribution in [0.3, 0.4) is 0 Å². The lowest BCUT2D eigenvalue weighted by Crippen LogP contribution is -2.54. The molecule has 4 amide bonds. The van der Waals surface area contributed by atoms with E-state index in [1.807, 2.05) is 12.1 Å². The van der Waals surface area contributed by atoms with Crippen molar-refractivity contribution in [1.82, 2.24) is 5.32 Å². The molecule has 1 N–H and O–H groups in total. The fraction of sp³-hybridized carbons (Fsp3) is 0.320. The highest BCUT2D eigenvalue weighted by atomic mass is 79.9. The molecular formula is C25H26BrN3O4. The van der Waals surface area contributed by atoms with Gasteiger partial charge in [0.25, 0.3) is 11.8 Å². The molecule has 2 aliphatic rings. The molecule has 0 aliphatic carbocycles. The Bertz CT molecular complexity index is 1190. The van der Waals surface area contributed by atoms with Crippen molar-refractivity contribution in [2.75, 3.05) is 24.0 Å². The van der Waals surface area contributed by atoms with E-state index in [0.29, 0.717) is 17.0 Å². The van der Waals surface area contributed by atoms with Gasteiger partial charge in [-0.2, -0.15) is 0 Å². The van der Waals surface area contributed by atoms with Crippen LogP contribution in [0.4, 0.5) is 16.2 Å². The molecular weight excluding hydrogens is 486 g/mol. The number of nitrogens with zero attached hydrogens (tertiary/aromatic N) is 2. The van der Waals surface area contributed by atoms with Crippen molar-refractivity contribution in [3.63, 3.8) is 0 Å². The van der Waals surface area contributed by atoms with Gasteiger partial charge in [-0.1, -0.05) is 22.9 Å². The standard InChI is InChI=1S/C25H26BrN3O4/c1-14-13-25(2,3)28(4)20-12-21(33-5)15(10-18(14)20)11-19-22(30)27-24(32)29(23(19)31)17-8-6-16(26)7-9-17/h6-12,14H,13H2,1-5H3,(H,27,30,32)/b19-11-. The number of anilines is 2. The first kappa shape index (κ1) is 23.0. The van der Waals surface area contributed by atoms with Gasteiger partial charge < -0.3 is 9.64 Å². The predicted octanol–water partition coefficient (Wildman–Crippen LogP) is 4.85. The summed E-state index contributed by atoms with van der Waals surface area (Å²) in [6.07, 6.45) is 2.46. The molecule has 0 aromatic heterocycles.